The molecule has 19 heavy (non-hydrogen) atoms. The third kappa shape index (κ3) is 2.17. The Bertz CT molecular complexity index is 705. The summed E-state index contributed by atoms with van der Waals surface area (Å²) in [5.41, 5.74) is 3.44. The van der Waals surface area contributed by atoms with E-state index >= 15 is 0 Å². The second kappa shape index (κ2) is 4.73. The zero-order chi connectivity index (χ0) is 13.2. The van der Waals surface area contributed by atoms with Crippen molar-refractivity contribution in [3.63, 3.8) is 0 Å². The minimum absolute atomic E-state index is 0.974. The predicted molar refractivity (Wildman–Crippen MR) is 81.0 cm³/mol. The number of anilines is 2. The summed E-state index contributed by atoms with van der Waals surface area (Å²) in [7, 11) is 2.05. The van der Waals surface area contributed by atoms with E-state index in [1.807, 2.05) is 31.3 Å². The van der Waals surface area contributed by atoms with Crippen molar-refractivity contribution < 1.29 is 0 Å². The third-order valence-electron chi connectivity index (χ3n) is 3.40. The van der Waals surface area contributed by atoms with Gasteiger partial charge in [0, 0.05) is 18.1 Å². The molecule has 0 amide bonds. The van der Waals surface area contributed by atoms with Gasteiger partial charge in [-0.1, -0.05) is 36.4 Å². The normalized spacial score (nSPS) is 10.6. The fraction of sp³-hybridized carbons (Fsp3) is 0.118. The van der Waals surface area contributed by atoms with Gasteiger partial charge in [-0.05, 0) is 36.8 Å². The topological polar surface area (TPSA) is 16.1 Å². The molecule has 2 nitrogen and oxygen atoms in total. The molecule has 1 heterocycles. The van der Waals surface area contributed by atoms with Crippen LogP contribution < -0.4 is 4.90 Å². The number of aromatic nitrogens is 1. The van der Waals surface area contributed by atoms with E-state index in [1.54, 1.807) is 0 Å². The summed E-state index contributed by atoms with van der Waals surface area (Å²) in [4.78, 5) is 6.85. The molecule has 0 N–H and O–H groups in total. The fourth-order valence-electron chi connectivity index (χ4n) is 2.29. The van der Waals surface area contributed by atoms with Crippen LogP contribution in [0.2, 0.25) is 0 Å². The van der Waals surface area contributed by atoms with Crippen LogP contribution in [0.25, 0.3) is 10.9 Å². The van der Waals surface area contributed by atoms with E-state index in [2.05, 4.69) is 48.2 Å². The molecule has 1 aromatic heterocycles. The third-order valence-corrected chi connectivity index (χ3v) is 3.40. The number of hydrogen-bond acceptors (Lipinski definition) is 2. The van der Waals surface area contributed by atoms with E-state index in [4.69, 9.17) is 4.98 Å². The van der Waals surface area contributed by atoms with Crippen LogP contribution in [-0.4, -0.2) is 12.0 Å². The maximum Gasteiger partial charge on any atom is 0.133 e. The van der Waals surface area contributed by atoms with Gasteiger partial charge < -0.3 is 4.90 Å². The van der Waals surface area contributed by atoms with Gasteiger partial charge in [0.05, 0.1) is 5.52 Å². The van der Waals surface area contributed by atoms with Crippen LogP contribution in [0.4, 0.5) is 11.5 Å². The molecule has 0 saturated carbocycles. The van der Waals surface area contributed by atoms with Crippen molar-refractivity contribution in [2.24, 2.45) is 0 Å². The van der Waals surface area contributed by atoms with Gasteiger partial charge in [-0.2, -0.15) is 0 Å². The Balaban J connectivity index is 2.11. The Morgan fingerprint density at radius 3 is 2.37 bits per heavy atom. The van der Waals surface area contributed by atoms with Crippen molar-refractivity contribution in [3.8, 4) is 0 Å². The fourth-order valence-corrected chi connectivity index (χ4v) is 2.29. The molecule has 0 aliphatic heterocycles. The van der Waals surface area contributed by atoms with Crippen molar-refractivity contribution in [1.82, 2.24) is 4.98 Å². The molecule has 0 atom stereocenters. The van der Waals surface area contributed by atoms with Crippen LogP contribution in [-0.2, 0) is 0 Å². The lowest BCUT2D eigenvalue weighted by Gasteiger charge is -2.19. The van der Waals surface area contributed by atoms with Crippen LogP contribution in [0, 0.1) is 6.92 Å². The molecule has 0 spiro atoms. The number of nitrogens with zero attached hydrogens (tertiary/aromatic N) is 2. The minimum Gasteiger partial charge on any atom is -0.329 e. The van der Waals surface area contributed by atoms with Crippen LogP contribution in [0.3, 0.4) is 0 Å². The Kier molecular flexibility index (Phi) is 2.92. The lowest BCUT2D eigenvalue weighted by molar-refractivity contribution is 1.14. The average Bonchev–Trinajstić information content (AvgIpc) is 2.47. The summed E-state index contributed by atoms with van der Waals surface area (Å²) < 4.78 is 0. The molecule has 0 bridgehead atoms. The second-order valence-corrected chi connectivity index (χ2v) is 4.71. The smallest absolute Gasteiger partial charge is 0.133 e. The molecule has 0 aliphatic carbocycles. The molecule has 0 unspecified atom stereocenters. The number of rotatable bonds is 2. The number of para-hydroxylation sites is 2. The Labute approximate surface area is 113 Å². The highest BCUT2D eigenvalue weighted by atomic mass is 15.2. The highest BCUT2D eigenvalue weighted by Gasteiger charge is 2.07. The van der Waals surface area contributed by atoms with Gasteiger partial charge in [-0.15, -0.1) is 0 Å². The number of fused-ring (bicyclic) bond motifs is 1. The van der Waals surface area contributed by atoms with Gasteiger partial charge in [0.15, 0.2) is 0 Å². The maximum atomic E-state index is 4.74. The van der Waals surface area contributed by atoms with Crippen molar-refractivity contribution in [2.75, 3.05) is 11.9 Å². The van der Waals surface area contributed by atoms with Gasteiger partial charge in [-0.3, -0.25) is 0 Å². The largest absolute Gasteiger partial charge is 0.329 e. The summed E-state index contributed by atoms with van der Waals surface area (Å²) in [5, 5.41) is 1.22. The minimum atomic E-state index is 0.974. The van der Waals surface area contributed by atoms with Crippen molar-refractivity contribution in [1.29, 1.82) is 0 Å². The summed E-state index contributed by atoms with van der Waals surface area (Å²) in [6, 6.07) is 20.7. The number of benzene rings is 2. The van der Waals surface area contributed by atoms with Crippen LogP contribution in [0.5, 0.6) is 0 Å². The predicted octanol–water partition coefficient (Wildman–Crippen LogP) is 4.31. The van der Waals surface area contributed by atoms with E-state index in [1.165, 1.54) is 10.9 Å². The monoisotopic (exact) mass is 248 g/mol. The van der Waals surface area contributed by atoms with Crippen molar-refractivity contribution in [2.45, 2.75) is 6.92 Å². The van der Waals surface area contributed by atoms with Crippen LogP contribution >= 0.6 is 0 Å². The molecule has 0 aliphatic rings. The molecule has 0 fully saturated rings. The van der Waals surface area contributed by atoms with Gasteiger partial charge >= 0.3 is 0 Å². The van der Waals surface area contributed by atoms with Crippen molar-refractivity contribution in [3.05, 3.63) is 66.2 Å². The average molecular weight is 248 g/mol. The highest BCUT2D eigenvalue weighted by Crippen LogP contribution is 2.26. The zero-order valence-electron chi connectivity index (χ0n) is 11.2. The molecule has 3 aromatic rings. The Morgan fingerprint density at radius 2 is 1.58 bits per heavy atom. The Morgan fingerprint density at radius 1 is 0.895 bits per heavy atom. The quantitative estimate of drug-likeness (QED) is 0.671. The molecule has 3 rings (SSSR count). The SMILES string of the molecule is Cc1cc(N(C)c2ccccc2)nc2ccccc12. The van der Waals surface area contributed by atoms with Gasteiger partial charge in [0.25, 0.3) is 0 Å². The first-order valence-electron chi connectivity index (χ1n) is 6.41. The molecule has 2 aromatic carbocycles. The number of pyridine rings is 1. The van der Waals surface area contributed by atoms with Gasteiger partial charge in [0.2, 0.25) is 0 Å². The van der Waals surface area contributed by atoms with E-state index in [0.29, 0.717) is 0 Å². The van der Waals surface area contributed by atoms with E-state index in [0.717, 1.165) is 17.0 Å². The summed E-state index contributed by atoms with van der Waals surface area (Å²) in [6.07, 6.45) is 0. The summed E-state index contributed by atoms with van der Waals surface area (Å²) in [5.74, 6) is 0.974. The molecule has 2 heteroatoms. The standard InChI is InChI=1S/C17H16N2/c1-13-12-17(18-16-11-7-6-10-15(13)16)19(2)14-8-4-3-5-9-14/h3-12H,1-2H3. The van der Waals surface area contributed by atoms with Crippen molar-refractivity contribution >= 4 is 22.4 Å². The summed E-state index contributed by atoms with van der Waals surface area (Å²) in [6.45, 7) is 2.13. The maximum absolute atomic E-state index is 4.74. The summed E-state index contributed by atoms with van der Waals surface area (Å²) >= 11 is 0. The Hall–Kier alpha value is -2.35. The first kappa shape index (κ1) is 11.7. The first-order chi connectivity index (χ1) is 9.25. The first-order valence-corrected chi connectivity index (χ1v) is 6.41. The molecule has 0 saturated heterocycles. The number of aryl methyl sites for hydroxylation is 1. The molecule has 94 valence electrons. The highest BCUT2D eigenvalue weighted by molar-refractivity contribution is 5.84. The molecular formula is C17H16N2. The molecule has 0 radical (unpaired) electrons. The second-order valence-electron chi connectivity index (χ2n) is 4.71. The lowest BCUT2D eigenvalue weighted by Crippen LogP contribution is -2.11. The number of hydrogen-bond donors (Lipinski definition) is 0. The lowest BCUT2D eigenvalue weighted by atomic mass is 10.1. The van der Waals surface area contributed by atoms with E-state index in [-0.39, 0.29) is 0 Å². The van der Waals surface area contributed by atoms with Crippen LogP contribution in [0.1, 0.15) is 5.56 Å². The van der Waals surface area contributed by atoms with Gasteiger partial charge in [0.1, 0.15) is 5.82 Å². The molecular weight excluding hydrogens is 232 g/mol. The van der Waals surface area contributed by atoms with E-state index in [9.17, 15) is 0 Å². The van der Waals surface area contributed by atoms with E-state index < -0.39 is 0 Å². The van der Waals surface area contributed by atoms with Crippen LogP contribution in [0.15, 0.2) is 60.7 Å². The van der Waals surface area contributed by atoms with Gasteiger partial charge in [-0.25, -0.2) is 4.98 Å². The zero-order valence-corrected chi connectivity index (χ0v) is 11.2.